The number of benzene rings is 2. The summed E-state index contributed by atoms with van der Waals surface area (Å²) in [4.78, 5) is 16.2. The van der Waals surface area contributed by atoms with Gasteiger partial charge in [0, 0.05) is 49.1 Å². The molecule has 1 atom stereocenters. The summed E-state index contributed by atoms with van der Waals surface area (Å²) < 4.78 is 1.97. The van der Waals surface area contributed by atoms with Crippen LogP contribution in [-0.2, 0) is 19.5 Å². The lowest BCUT2D eigenvalue weighted by molar-refractivity contribution is 0.117. The third-order valence-electron chi connectivity index (χ3n) is 7.87. The second kappa shape index (κ2) is 10.7. The van der Waals surface area contributed by atoms with Crippen molar-refractivity contribution < 1.29 is 0 Å². The van der Waals surface area contributed by atoms with Gasteiger partial charge >= 0.3 is 0 Å². The van der Waals surface area contributed by atoms with E-state index in [9.17, 15) is 4.79 Å². The maximum atomic E-state index is 13.6. The van der Waals surface area contributed by atoms with Gasteiger partial charge in [-0.2, -0.15) is 0 Å². The van der Waals surface area contributed by atoms with E-state index in [4.69, 9.17) is 0 Å². The molecule has 2 aliphatic rings. The molecule has 2 aromatic carbocycles. The van der Waals surface area contributed by atoms with Gasteiger partial charge in [0.15, 0.2) is 0 Å². The van der Waals surface area contributed by atoms with Crippen molar-refractivity contribution in [2.45, 2.75) is 52.6 Å². The van der Waals surface area contributed by atoms with Crippen LogP contribution in [0, 0.1) is 11.8 Å². The van der Waals surface area contributed by atoms with Crippen molar-refractivity contribution >= 4 is 16.5 Å². The minimum absolute atomic E-state index is 0.118. The molecule has 4 heteroatoms. The Bertz CT molecular complexity index is 1300. The first-order valence-corrected chi connectivity index (χ1v) is 13.1. The van der Waals surface area contributed by atoms with Crippen LogP contribution in [0.3, 0.4) is 0 Å². The van der Waals surface area contributed by atoms with Gasteiger partial charge < -0.3 is 9.88 Å². The van der Waals surface area contributed by atoms with E-state index in [0.29, 0.717) is 5.92 Å². The molecule has 0 bridgehead atoms. The Kier molecular flexibility index (Phi) is 7.19. The van der Waals surface area contributed by atoms with Gasteiger partial charge in [-0.05, 0) is 72.9 Å². The SMILES string of the molecule is C/C=C\C(=C/C)Nc1ccc2ccn(CC(CN3CCc4ccccc4C3)C3CCC3)c(=O)c2c1. The smallest absolute Gasteiger partial charge is 0.258 e. The summed E-state index contributed by atoms with van der Waals surface area (Å²) >= 11 is 0. The number of hydrogen-bond acceptors (Lipinski definition) is 3. The number of aromatic nitrogens is 1. The quantitative estimate of drug-likeness (QED) is 0.391. The summed E-state index contributed by atoms with van der Waals surface area (Å²) in [7, 11) is 0. The molecular weight excluding hydrogens is 430 g/mol. The van der Waals surface area contributed by atoms with E-state index >= 15 is 0 Å². The van der Waals surface area contributed by atoms with Crippen LogP contribution < -0.4 is 10.9 Å². The first-order chi connectivity index (χ1) is 17.1. The fourth-order valence-electron chi connectivity index (χ4n) is 5.62. The molecule has 1 aliphatic heterocycles. The van der Waals surface area contributed by atoms with Crippen LogP contribution >= 0.6 is 0 Å². The summed E-state index contributed by atoms with van der Waals surface area (Å²) in [6, 6.07) is 17.0. The predicted octanol–water partition coefficient (Wildman–Crippen LogP) is 6.37. The molecule has 1 aliphatic carbocycles. The van der Waals surface area contributed by atoms with E-state index in [1.54, 1.807) is 0 Å². The first-order valence-electron chi connectivity index (χ1n) is 13.1. The van der Waals surface area contributed by atoms with Crippen molar-refractivity contribution in [3.63, 3.8) is 0 Å². The third kappa shape index (κ3) is 5.28. The number of pyridine rings is 1. The van der Waals surface area contributed by atoms with Crippen molar-refractivity contribution in [2.24, 2.45) is 11.8 Å². The van der Waals surface area contributed by atoms with E-state index < -0.39 is 0 Å². The van der Waals surface area contributed by atoms with E-state index in [1.807, 2.05) is 61.0 Å². The predicted molar refractivity (Wildman–Crippen MR) is 147 cm³/mol. The maximum absolute atomic E-state index is 13.6. The number of rotatable bonds is 8. The zero-order valence-corrected chi connectivity index (χ0v) is 21.0. The van der Waals surface area contributed by atoms with Crippen LogP contribution in [0.1, 0.15) is 44.2 Å². The zero-order chi connectivity index (χ0) is 24.2. The van der Waals surface area contributed by atoms with Crippen LogP contribution in [0.5, 0.6) is 0 Å². The average Bonchev–Trinajstić information content (AvgIpc) is 2.84. The summed E-state index contributed by atoms with van der Waals surface area (Å²) in [5, 5.41) is 5.21. The largest absolute Gasteiger partial charge is 0.356 e. The summed E-state index contributed by atoms with van der Waals surface area (Å²) in [5.74, 6) is 1.23. The standard InChI is InChI=1S/C31H37N3O/c1-3-8-28(4-2)32-29-14-13-25-16-18-34(31(35)30(25)19-29)22-27(23-11-7-12-23)21-33-17-15-24-9-5-6-10-26(24)20-33/h3-6,8-10,13-14,16,18-19,23,27,32H,7,11-12,15,17,20-22H2,1-2H3/b8-3-,28-4+. The number of nitrogens with one attached hydrogen (secondary N) is 1. The number of fused-ring (bicyclic) bond motifs is 2. The van der Waals surface area contributed by atoms with Crippen LogP contribution in [-0.4, -0.2) is 22.6 Å². The van der Waals surface area contributed by atoms with Gasteiger partial charge in [0.25, 0.3) is 5.56 Å². The maximum Gasteiger partial charge on any atom is 0.258 e. The second-order valence-corrected chi connectivity index (χ2v) is 10.1. The van der Waals surface area contributed by atoms with Gasteiger partial charge in [-0.3, -0.25) is 9.69 Å². The molecule has 1 unspecified atom stereocenters. The number of nitrogens with zero attached hydrogens (tertiary/aromatic N) is 2. The summed E-state index contributed by atoms with van der Waals surface area (Å²) in [6.45, 7) is 8.03. The highest BCUT2D eigenvalue weighted by molar-refractivity contribution is 5.85. The molecule has 4 nitrogen and oxygen atoms in total. The third-order valence-corrected chi connectivity index (χ3v) is 7.87. The molecule has 3 aromatic rings. The van der Waals surface area contributed by atoms with E-state index in [2.05, 4.69) is 40.5 Å². The monoisotopic (exact) mass is 467 g/mol. The first kappa shape index (κ1) is 23.6. The Balaban J connectivity index is 1.37. The molecule has 35 heavy (non-hydrogen) atoms. The van der Waals surface area contributed by atoms with Crippen LogP contribution in [0.15, 0.2) is 83.4 Å². The van der Waals surface area contributed by atoms with Gasteiger partial charge in [-0.25, -0.2) is 0 Å². The molecule has 5 rings (SSSR count). The van der Waals surface area contributed by atoms with Crippen molar-refractivity contribution in [1.29, 1.82) is 0 Å². The summed E-state index contributed by atoms with van der Waals surface area (Å²) in [6.07, 6.45) is 13.1. The van der Waals surface area contributed by atoms with E-state index in [-0.39, 0.29) is 5.56 Å². The molecule has 0 spiro atoms. The Hall–Kier alpha value is -3.11. The number of allylic oxidation sites excluding steroid dienone is 3. The lowest BCUT2D eigenvalue weighted by Crippen LogP contribution is -2.41. The van der Waals surface area contributed by atoms with Crippen molar-refractivity contribution in [3.05, 3.63) is 100 Å². The molecule has 1 fully saturated rings. The minimum atomic E-state index is 0.118. The lowest BCUT2D eigenvalue weighted by Gasteiger charge is -2.39. The van der Waals surface area contributed by atoms with Crippen molar-refractivity contribution in [3.8, 4) is 0 Å². The Labute approximate surface area is 209 Å². The lowest BCUT2D eigenvalue weighted by atomic mass is 9.75. The molecule has 0 saturated heterocycles. The minimum Gasteiger partial charge on any atom is -0.356 e. The van der Waals surface area contributed by atoms with E-state index in [0.717, 1.165) is 60.7 Å². The molecule has 2 heterocycles. The number of hydrogen-bond donors (Lipinski definition) is 1. The highest BCUT2D eigenvalue weighted by atomic mass is 16.1. The molecule has 0 amide bonds. The molecule has 1 saturated carbocycles. The molecule has 0 radical (unpaired) electrons. The average molecular weight is 468 g/mol. The van der Waals surface area contributed by atoms with Gasteiger partial charge in [-0.15, -0.1) is 0 Å². The van der Waals surface area contributed by atoms with Crippen LogP contribution in [0.25, 0.3) is 10.8 Å². The Morgan fingerprint density at radius 1 is 1.09 bits per heavy atom. The van der Waals surface area contributed by atoms with Crippen LogP contribution in [0.4, 0.5) is 5.69 Å². The normalized spacial score (nSPS) is 17.9. The number of anilines is 1. The van der Waals surface area contributed by atoms with Gasteiger partial charge in [0.2, 0.25) is 0 Å². The van der Waals surface area contributed by atoms with Gasteiger partial charge in [0.1, 0.15) is 0 Å². The van der Waals surface area contributed by atoms with E-state index in [1.165, 1.54) is 30.4 Å². The molecule has 1 aromatic heterocycles. The van der Waals surface area contributed by atoms with Crippen molar-refractivity contribution in [2.75, 3.05) is 18.4 Å². The second-order valence-electron chi connectivity index (χ2n) is 10.1. The fourth-order valence-corrected chi connectivity index (χ4v) is 5.62. The topological polar surface area (TPSA) is 37.3 Å². The van der Waals surface area contributed by atoms with Crippen LogP contribution in [0.2, 0.25) is 0 Å². The van der Waals surface area contributed by atoms with Gasteiger partial charge in [-0.1, -0.05) is 61.7 Å². The highest BCUT2D eigenvalue weighted by Crippen LogP contribution is 2.35. The summed E-state index contributed by atoms with van der Waals surface area (Å²) in [5.41, 5.74) is 5.05. The Morgan fingerprint density at radius 3 is 2.66 bits per heavy atom. The zero-order valence-electron chi connectivity index (χ0n) is 21.0. The van der Waals surface area contributed by atoms with Gasteiger partial charge in [0.05, 0.1) is 0 Å². The highest BCUT2D eigenvalue weighted by Gasteiger charge is 2.30. The van der Waals surface area contributed by atoms with Crippen molar-refractivity contribution in [1.82, 2.24) is 9.47 Å². The molecular formula is C31H37N3O. The Morgan fingerprint density at radius 2 is 1.91 bits per heavy atom. The molecule has 1 N–H and O–H groups in total. The molecule has 182 valence electrons. The fraction of sp³-hybridized carbons (Fsp3) is 0.387.